The fourth-order valence-corrected chi connectivity index (χ4v) is 5.70. The second-order valence-corrected chi connectivity index (χ2v) is 10.6. The monoisotopic (exact) mass is 459 g/mol. The molecule has 6 rings (SSSR count). The maximum Gasteiger partial charge on any atom is 0.261 e. The lowest BCUT2D eigenvalue weighted by atomic mass is 10.0. The Morgan fingerprint density at radius 3 is 2.73 bits per heavy atom. The van der Waals surface area contributed by atoms with Crippen molar-refractivity contribution >= 4 is 23.1 Å². The van der Waals surface area contributed by atoms with Gasteiger partial charge in [0.25, 0.3) is 5.91 Å². The van der Waals surface area contributed by atoms with Crippen LogP contribution < -0.4 is 4.90 Å². The Kier molecular flexibility index (Phi) is 4.35. The highest BCUT2D eigenvalue weighted by atomic mass is 32.1. The molecular weight excluding hydrogens is 434 g/mol. The van der Waals surface area contributed by atoms with Crippen molar-refractivity contribution in [3.63, 3.8) is 0 Å². The zero-order chi connectivity index (χ0) is 22.9. The standard InChI is InChI=1S/C24H25N7OS/c1-14(2)30-13-26-28-22(30)17-6-5-7-19(27-17)31-23(32)16-10-20(33-21(16)24(31,3)4)29-11-18(25-12-29)15-8-9-15/h5-7,10-15H,8-9H2,1-4H3. The number of fused-ring (bicyclic) bond motifs is 1. The third kappa shape index (κ3) is 3.13. The van der Waals surface area contributed by atoms with E-state index in [0.29, 0.717) is 23.3 Å². The molecule has 4 aromatic rings. The molecule has 0 bridgehead atoms. The third-order valence-electron chi connectivity index (χ3n) is 6.44. The second-order valence-electron chi connectivity index (χ2n) is 9.54. The summed E-state index contributed by atoms with van der Waals surface area (Å²) >= 11 is 1.64. The maximum absolute atomic E-state index is 13.6. The summed E-state index contributed by atoms with van der Waals surface area (Å²) in [6.45, 7) is 8.30. The molecular formula is C24H25N7OS. The number of thiophene rings is 1. The highest BCUT2D eigenvalue weighted by Gasteiger charge is 2.46. The van der Waals surface area contributed by atoms with Crippen molar-refractivity contribution in [1.29, 1.82) is 0 Å². The molecule has 0 aromatic carbocycles. The van der Waals surface area contributed by atoms with E-state index in [-0.39, 0.29) is 11.9 Å². The quantitative estimate of drug-likeness (QED) is 0.422. The SMILES string of the molecule is CC(C)n1cnnc1-c1cccc(N2C(=O)c3cc(-n4cnc(C5CC5)c4)sc3C2(C)C)n1. The number of imidazole rings is 1. The normalized spacial score (nSPS) is 17.2. The van der Waals surface area contributed by atoms with Crippen LogP contribution in [-0.2, 0) is 5.54 Å². The Morgan fingerprint density at radius 2 is 2.00 bits per heavy atom. The van der Waals surface area contributed by atoms with Gasteiger partial charge >= 0.3 is 0 Å². The van der Waals surface area contributed by atoms with Crippen LogP contribution in [0.1, 0.15) is 73.4 Å². The maximum atomic E-state index is 13.6. The van der Waals surface area contributed by atoms with Gasteiger partial charge in [0.15, 0.2) is 5.82 Å². The van der Waals surface area contributed by atoms with Gasteiger partial charge in [-0.3, -0.25) is 14.3 Å². The molecule has 168 valence electrons. The first kappa shape index (κ1) is 20.3. The number of hydrogen-bond acceptors (Lipinski definition) is 6. The summed E-state index contributed by atoms with van der Waals surface area (Å²) in [4.78, 5) is 25.8. The molecule has 8 nitrogen and oxygen atoms in total. The molecule has 1 aliphatic heterocycles. The van der Waals surface area contributed by atoms with Crippen molar-refractivity contribution in [3.05, 3.63) is 59.3 Å². The van der Waals surface area contributed by atoms with E-state index in [1.54, 1.807) is 22.6 Å². The molecule has 0 radical (unpaired) electrons. The molecule has 9 heteroatoms. The number of aromatic nitrogens is 6. The number of nitrogens with zero attached hydrogens (tertiary/aromatic N) is 7. The molecule has 4 aromatic heterocycles. The first-order valence-corrected chi connectivity index (χ1v) is 12.1. The van der Waals surface area contributed by atoms with Crippen molar-refractivity contribution in [2.75, 3.05) is 4.90 Å². The Balaban J connectivity index is 1.36. The fraction of sp³-hybridized carbons (Fsp3) is 0.375. The van der Waals surface area contributed by atoms with E-state index in [9.17, 15) is 4.79 Å². The number of carbonyl (C=O) groups is 1. The van der Waals surface area contributed by atoms with Crippen LogP contribution in [-0.4, -0.2) is 35.2 Å². The predicted molar refractivity (Wildman–Crippen MR) is 127 cm³/mol. The minimum atomic E-state index is -0.521. The minimum Gasteiger partial charge on any atom is -0.310 e. The molecule has 0 N–H and O–H groups in total. The minimum absolute atomic E-state index is 0.0324. The van der Waals surface area contributed by atoms with E-state index in [0.717, 1.165) is 21.1 Å². The smallest absolute Gasteiger partial charge is 0.261 e. The van der Waals surface area contributed by atoms with Gasteiger partial charge in [-0.1, -0.05) is 6.07 Å². The van der Waals surface area contributed by atoms with E-state index in [1.165, 1.54) is 12.8 Å². The lowest BCUT2D eigenvalue weighted by Gasteiger charge is -2.31. The average Bonchev–Trinajstić information content (AvgIpc) is 3.18. The lowest BCUT2D eigenvalue weighted by Crippen LogP contribution is -2.39. The molecule has 0 atom stereocenters. The molecule has 0 saturated heterocycles. The first-order chi connectivity index (χ1) is 15.8. The van der Waals surface area contributed by atoms with Gasteiger partial charge in [0.1, 0.15) is 29.2 Å². The molecule has 0 spiro atoms. The van der Waals surface area contributed by atoms with Crippen molar-refractivity contribution in [3.8, 4) is 16.5 Å². The third-order valence-corrected chi connectivity index (χ3v) is 7.90. The number of carbonyl (C=O) groups excluding carboxylic acids is 1. The molecule has 0 unspecified atom stereocenters. The fourth-order valence-electron chi connectivity index (χ4n) is 4.51. The highest BCUT2D eigenvalue weighted by molar-refractivity contribution is 7.15. The van der Waals surface area contributed by atoms with Gasteiger partial charge in [0.05, 0.1) is 16.8 Å². The van der Waals surface area contributed by atoms with Gasteiger partial charge in [-0.2, -0.15) is 0 Å². The number of hydrogen-bond donors (Lipinski definition) is 0. The Bertz CT molecular complexity index is 1370. The van der Waals surface area contributed by atoms with Crippen LogP contribution in [0, 0.1) is 0 Å². The predicted octanol–water partition coefficient (Wildman–Crippen LogP) is 4.94. The van der Waals surface area contributed by atoms with Crippen LogP contribution in [0.5, 0.6) is 0 Å². The van der Waals surface area contributed by atoms with Gasteiger partial charge in [-0.05, 0) is 58.7 Å². The molecule has 1 saturated carbocycles. The number of anilines is 1. The molecule has 1 aliphatic carbocycles. The van der Waals surface area contributed by atoms with Crippen molar-refractivity contribution < 1.29 is 4.79 Å². The van der Waals surface area contributed by atoms with E-state index < -0.39 is 5.54 Å². The van der Waals surface area contributed by atoms with Crippen molar-refractivity contribution in [1.82, 2.24) is 29.3 Å². The van der Waals surface area contributed by atoms with Crippen LogP contribution in [0.3, 0.4) is 0 Å². The van der Waals surface area contributed by atoms with Crippen molar-refractivity contribution in [2.24, 2.45) is 0 Å². The molecule has 1 amide bonds. The molecule has 33 heavy (non-hydrogen) atoms. The summed E-state index contributed by atoms with van der Waals surface area (Å²) in [5.41, 5.74) is 2.06. The second kappa shape index (κ2) is 7.08. The first-order valence-electron chi connectivity index (χ1n) is 11.2. The van der Waals surface area contributed by atoms with E-state index in [2.05, 4.69) is 49.1 Å². The van der Waals surface area contributed by atoms with Crippen LogP contribution >= 0.6 is 11.3 Å². The van der Waals surface area contributed by atoms with Gasteiger partial charge in [-0.15, -0.1) is 21.5 Å². The van der Waals surface area contributed by atoms with E-state index in [1.807, 2.05) is 39.7 Å². The number of rotatable bonds is 5. The largest absolute Gasteiger partial charge is 0.310 e. The summed E-state index contributed by atoms with van der Waals surface area (Å²) in [6.07, 6.45) is 8.11. The van der Waals surface area contributed by atoms with Gasteiger partial charge < -0.3 is 4.57 Å². The highest BCUT2D eigenvalue weighted by Crippen LogP contribution is 2.47. The van der Waals surface area contributed by atoms with Gasteiger partial charge in [-0.25, -0.2) is 9.97 Å². The summed E-state index contributed by atoms with van der Waals surface area (Å²) in [5, 5.41) is 9.34. The van der Waals surface area contributed by atoms with Crippen LogP contribution in [0.15, 0.2) is 43.1 Å². The Hall–Kier alpha value is -3.33. The van der Waals surface area contributed by atoms with Gasteiger partial charge in [0.2, 0.25) is 0 Å². The topological polar surface area (TPSA) is 81.7 Å². The zero-order valence-electron chi connectivity index (χ0n) is 19.1. The van der Waals surface area contributed by atoms with Crippen LogP contribution in [0.2, 0.25) is 0 Å². The summed E-state index contributed by atoms with van der Waals surface area (Å²) in [5.74, 6) is 1.88. The Morgan fingerprint density at radius 1 is 1.18 bits per heavy atom. The van der Waals surface area contributed by atoms with E-state index in [4.69, 9.17) is 4.98 Å². The van der Waals surface area contributed by atoms with Crippen molar-refractivity contribution in [2.45, 2.75) is 58.0 Å². The zero-order valence-corrected chi connectivity index (χ0v) is 19.9. The molecule has 1 fully saturated rings. The summed E-state index contributed by atoms with van der Waals surface area (Å²) in [6, 6.07) is 7.91. The van der Waals surface area contributed by atoms with Crippen LogP contribution in [0.25, 0.3) is 16.5 Å². The van der Waals surface area contributed by atoms with E-state index >= 15 is 0 Å². The molecule has 2 aliphatic rings. The van der Waals surface area contributed by atoms with Gasteiger partial charge in [0, 0.05) is 23.0 Å². The average molecular weight is 460 g/mol. The summed E-state index contributed by atoms with van der Waals surface area (Å²) < 4.78 is 4.02. The number of pyridine rings is 1. The summed E-state index contributed by atoms with van der Waals surface area (Å²) in [7, 11) is 0. The van der Waals surface area contributed by atoms with Crippen LogP contribution in [0.4, 0.5) is 5.82 Å². The molecule has 5 heterocycles. The lowest BCUT2D eigenvalue weighted by molar-refractivity contribution is 0.0981. The number of amides is 1. The Labute approximate surface area is 195 Å².